The van der Waals surface area contributed by atoms with E-state index in [1.54, 1.807) is 6.07 Å². The number of halogens is 3. The first-order valence-corrected chi connectivity index (χ1v) is 7.80. The third-order valence-electron chi connectivity index (χ3n) is 4.32. The minimum atomic E-state index is -4.60. The monoisotopic (exact) mass is 343 g/mol. The molecule has 0 saturated carbocycles. The van der Waals surface area contributed by atoms with Crippen molar-refractivity contribution >= 4 is 11.5 Å². The molecule has 4 rings (SSSR count). The van der Waals surface area contributed by atoms with E-state index in [0.29, 0.717) is 25.6 Å². The van der Waals surface area contributed by atoms with Crippen molar-refractivity contribution in [1.82, 2.24) is 19.8 Å². The molecule has 0 bridgehead atoms. The zero-order chi connectivity index (χ0) is 16.7. The molecule has 0 aliphatic carbocycles. The van der Waals surface area contributed by atoms with Crippen LogP contribution in [0.4, 0.5) is 19.0 Å². The summed E-state index contributed by atoms with van der Waals surface area (Å²) in [5.41, 5.74) is 0.0714. The summed E-state index contributed by atoms with van der Waals surface area (Å²) < 4.78 is 50.8. The lowest BCUT2D eigenvalue weighted by molar-refractivity contribution is -0.146. The summed E-state index contributed by atoms with van der Waals surface area (Å²) in [7, 11) is 0. The van der Waals surface area contributed by atoms with Crippen LogP contribution in [0.3, 0.4) is 0 Å². The van der Waals surface area contributed by atoms with E-state index in [9.17, 15) is 13.2 Å². The molecule has 0 amide bonds. The van der Waals surface area contributed by atoms with Crippen LogP contribution in [0.25, 0.3) is 5.65 Å². The average molecular weight is 343 g/mol. The van der Waals surface area contributed by atoms with Gasteiger partial charge >= 0.3 is 6.18 Å². The van der Waals surface area contributed by atoms with E-state index in [-0.39, 0.29) is 17.9 Å². The van der Waals surface area contributed by atoms with Crippen molar-refractivity contribution in [2.45, 2.75) is 25.3 Å². The Bertz CT molecular complexity index is 729. The number of hydrogen-bond acceptors (Lipinski definition) is 6. The molecule has 1 unspecified atom stereocenters. The second kappa shape index (κ2) is 5.85. The first kappa shape index (κ1) is 15.6. The largest absolute Gasteiger partial charge is 0.453 e. The Kier molecular flexibility index (Phi) is 3.80. The number of hydrogen-bond donors (Lipinski definition) is 0. The maximum Gasteiger partial charge on any atom is 0.453 e. The molecule has 2 saturated heterocycles. The van der Waals surface area contributed by atoms with Gasteiger partial charge in [-0.1, -0.05) is 0 Å². The van der Waals surface area contributed by atoms with Crippen molar-refractivity contribution in [2.24, 2.45) is 5.92 Å². The van der Waals surface area contributed by atoms with E-state index in [2.05, 4.69) is 15.3 Å². The molecule has 0 N–H and O–H groups in total. The topological polar surface area (TPSA) is 64.8 Å². The number of anilines is 1. The predicted octanol–water partition coefficient (Wildman–Crippen LogP) is 1.73. The Morgan fingerprint density at radius 3 is 2.67 bits per heavy atom. The molecule has 2 aliphatic heterocycles. The Labute approximate surface area is 135 Å². The number of nitrogens with zero attached hydrogens (tertiary/aromatic N) is 5. The lowest BCUT2D eigenvalue weighted by Crippen LogP contribution is -2.41. The van der Waals surface area contributed by atoms with Gasteiger partial charge in [0.25, 0.3) is 5.82 Å². The van der Waals surface area contributed by atoms with Crippen molar-refractivity contribution in [3.8, 4) is 0 Å². The molecule has 130 valence electrons. The van der Waals surface area contributed by atoms with Gasteiger partial charge in [-0.15, -0.1) is 15.3 Å². The molecule has 0 aromatic carbocycles. The van der Waals surface area contributed by atoms with Crippen molar-refractivity contribution < 1.29 is 22.6 Å². The first-order valence-electron chi connectivity index (χ1n) is 7.80. The fraction of sp³-hybridized carbons (Fsp3) is 0.643. The highest BCUT2D eigenvalue weighted by Crippen LogP contribution is 2.30. The van der Waals surface area contributed by atoms with Gasteiger partial charge in [0.2, 0.25) is 0 Å². The van der Waals surface area contributed by atoms with Gasteiger partial charge in [0, 0.05) is 19.0 Å². The third-order valence-corrected chi connectivity index (χ3v) is 4.32. The number of fused-ring (bicyclic) bond motifs is 1. The average Bonchev–Trinajstić information content (AvgIpc) is 3.23. The zero-order valence-corrected chi connectivity index (χ0v) is 12.7. The number of aromatic nitrogens is 4. The van der Waals surface area contributed by atoms with Crippen molar-refractivity contribution in [1.29, 1.82) is 0 Å². The van der Waals surface area contributed by atoms with Gasteiger partial charge in [-0.2, -0.15) is 17.7 Å². The number of ether oxygens (including phenoxy) is 2. The van der Waals surface area contributed by atoms with Gasteiger partial charge < -0.3 is 14.4 Å². The van der Waals surface area contributed by atoms with E-state index >= 15 is 0 Å². The summed E-state index contributed by atoms with van der Waals surface area (Å²) in [4.78, 5) is 1.96. The highest BCUT2D eigenvalue weighted by atomic mass is 19.4. The van der Waals surface area contributed by atoms with Crippen LogP contribution in [0.15, 0.2) is 12.1 Å². The summed E-state index contributed by atoms with van der Waals surface area (Å²) in [6.45, 7) is 2.53. The summed E-state index contributed by atoms with van der Waals surface area (Å²) >= 11 is 0. The molecule has 24 heavy (non-hydrogen) atoms. The van der Waals surface area contributed by atoms with E-state index in [1.807, 2.05) is 4.90 Å². The van der Waals surface area contributed by atoms with E-state index in [0.717, 1.165) is 23.9 Å². The molecule has 0 radical (unpaired) electrons. The van der Waals surface area contributed by atoms with Gasteiger partial charge in [-0.05, 0) is 25.0 Å². The van der Waals surface area contributed by atoms with Crippen LogP contribution in [0.2, 0.25) is 0 Å². The zero-order valence-electron chi connectivity index (χ0n) is 12.7. The highest BCUT2D eigenvalue weighted by molar-refractivity contribution is 5.46. The second-order valence-electron chi connectivity index (χ2n) is 5.94. The highest BCUT2D eigenvalue weighted by Gasteiger charge is 2.38. The molecular formula is C14H16F3N5O2. The molecule has 2 aliphatic rings. The number of rotatable bonds is 2. The van der Waals surface area contributed by atoms with Crippen LogP contribution in [0, 0.1) is 5.92 Å². The third kappa shape index (κ3) is 2.80. The molecular weight excluding hydrogens is 327 g/mol. The second-order valence-corrected chi connectivity index (χ2v) is 5.94. The smallest absolute Gasteiger partial charge is 0.355 e. The SMILES string of the molecule is FC(F)(F)c1nnc2ccc(N3CCCC(C4OCCO4)C3)nn12. The summed E-state index contributed by atoms with van der Waals surface area (Å²) in [6.07, 6.45) is -2.97. The molecule has 2 aromatic heterocycles. The molecule has 2 aromatic rings. The molecule has 0 spiro atoms. The quantitative estimate of drug-likeness (QED) is 0.828. The van der Waals surface area contributed by atoms with Crippen LogP contribution < -0.4 is 4.90 Å². The summed E-state index contributed by atoms with van der Waals surface area (Å²) in [5, 5.41) is 10.8. The van der Waals surface area contributed by atoms with Crippen molar-refractivity contribution in [2.75, 3.05) is 31.2 Å². The van der Waals surface area contributed by atoms with E-state index in [1.165, 1.54) is 6.07 Å². The van der Waals surface area contributed by atoms with Crippen molar-refractivity contribution in [3.05, 3.63) is 18.0 Å². The van der Waals surface area contributed by atoms with E-state index in [4.69, 9.17) is 9.47 Å². The fourth-order valence-electron chi connectivity index (χ4n) is 3.21. The van der Waals surface area contributed by atoms with Crippen molar-refractivity contribution in [3.63, 3.8) is 0 Å². The maximum atomic E-state index is 13.0. The normalized spacial score (nSPS) is 23.3. The van der Waals surface area contributed by atoms with E-state index < -0.39 is 12.0 Å². The predicted molar refractivity (Wildman–Crippen MR) is 76.4 cm³/mol. The fourth-order valence-corrected chi connectivity index (χ4v) is 3.21. The Balaban J connectivity index is 1.61. The number of alkyl halides is 3. The lowest BCUT2D eigenvalue weighted by Gasteiger charge is -2.35. The van der Waals surface area contributed by atoms with Crippen LogP contribution in [-0.2, 0) is 15.7 Å². The van der Waals surface area contributed by atoms with Gasteiger partial charge in [0.05, 0.1) is 13.2 Å². The maximum absolute atomic E-state index is 13.0. The lowest BCUT2D eigenvalue weighted by atomic mass is 9.97. The van der Waals surface area contributed by atoms with Crippen LogP contribution in [-0.4, -0.2) is 52.4 Å². The minimum absolute atomic E-state index is 0.0714. The van der Waals surface area contributed by atoms with Crippen LogP contribution in [0.5, 0.6) is 0 Å². The summed E-state index contributed by atoms with van der Waals surface area (Å²) in [6, 6.07) is 3.17. The first-order chi connectivity index (χ1) is 11.5. The summed E-state index contributed by atoms with van der Waals surface area (Å²) in [5.74, 6) is -0.465. The Hall–Kier alpha value is -1.94. The van der Waals surface area contributed by atoms with Crippen LogP contribution >= 0.6 is 0 Å². The van der Waals surface area contributed by atoms with Gasteiger partial charge in [0.15, 0.2) is 11.9 Å². The molecule has 10 heteroatoms. The molecule has 1 atom stereocenters. The molecule has 4 heterocycles. The molecule has 2 fully saturated rings. The van der Waals surface area contributed by atoms with Gasteiger partial charge in [-0.25, -0.2) is 0 Å². The Morgan fingerprint density at radius 2 is 1.92 bits per heavy atom. The molecule has 7 nitrogen and oxygen atoms in total. The number of piperidine rings is 1. The van der Waals surface area contributed by atoms with Crippen LogP contribution in [0.1, 0.15) is 18.7 Å². The van der Waals surface area contributed by atoms with Gasteiger partial charge in [0.1, 0.15) is 5.82 Å². The Morgan fingerprint density at radius 1 is 1.12 bits per heavy atom. The minimum Gasteiger partial charge on any atom is -0.355 e. The standard InChI is InChI=1S/C14H16F3N5O2/c15-14(16,17)13-19-18-10-3-4-11(20-22(10)13)21-5-1-2-9(8-21)12-23-6-7-24-12/h3-4,9,12H,1-2,5-8H2. The van der Waals surface area contributed by atoms with Gasteiger partial charge in [-0.3, -0.25) is 0 Å².